The highest BCUT2D eigenvalue weighted by molar-refractivity contribution is 5.94. The lowest BCUT2D eigenvalue weighted by Gasteiger charge is -2.35. The Labute approximate surface area is 124 Å². The highest BCUT2D eigenvalue weighted by Crippen LogP contribution is 2.18. The number of hydrogen-bond acceptors (Lipinski definition) is 2. The molecule has 1 aromatic carbocycles. The van der Waals surface area contributed by atoms with Crippen LogP contribution in [0.3, 0.4) is 0 Å². The van der Waals surface area contributed by atoms with Crippen LogP contribution in [0.5, 0.6) is 0 Å². The zero-order valence-electron chi connectivity index (χ0n) is 12.5. The first-order valence-corrected chi connectivity index (χ1v) is 7.44. The van der Waals surface area contributed by atoms with Gasteiger partial charge in [0, 0.05) is 25.2 Å². The SMILES string of the molecule is CC(C)N1CCC[C@@H](CNC(=O)c2ccc(F)cc2F)C1. The number of carbonyl (C=O) groups excluding carboxylic acids is 1. The number of hydrogen-bond donors (Lipinski definition) is 1. The second kappa shape index (κ2) is 6.98. The molecule has 1 aliphatic heterocycles. The van der Waals surface area contributed by atoms with E-state index in [0.29, 0.717) is 18.5 Å². The van der Waals surface area contributed by atoms with E-state index >= 15 is 0 Å². The smallest absolute Gasteiger partial charge is 0.254 e. The van der Waals surface area contributed by atoms with Crippen molar-refractivity contribution in [3.05, 3.63) is 35.4 Å². The summed E-state index contributed by atoms with van der Waals surface area (Å²) in [6.07, 6.45) is 2.18. The number of likely N-dealkylation sites (tertiary alicyclic amines) is 1. The molecule has 1 amide bonds. The van der Waals surface area contributed by atoms with Crippen molar-refractivity contribution in [2.75, 3.05) is 19.6 Å². The van der Waals surface area contributed by atoms with Gasteiger partial charge in [0.25, 0.3) is 5.91 Å². The minimum atomic E-state index is -0.819. The van der Waals surface area contributed by atoms with Gasteiger partial charge in [-0.1, -0.05) is 0 Å². The Morgan fingerprint density at radius 2 is 2.19 bits per heavy atom. The number of carbonyl (C=O) groups is 1. The summed E-state index contributed by atoms with van der Waals surface area (Å²) in [5.74, 6) is -1.59. The second-order valence-electron chi connectivity index (χ2n) is 5.93. The van der Waals surface area contributed by atoms with Crippen LogP contribution in [0.4, 0.5) is 8.78 Å². The molecular formula is C16H22F2N2O. The minimum absolute atomic E-state index is 0.104. The Kier molecular flexibility index (Phi) is 5.28. The topological polar surface area (TPSA) is 32.3 Å². The molecule has 2 rings (SSSR count). The lowest BCUT2D eigenvalue weighted by atomic mass is 9.97. The molecule has 21 heavy (non-hydrogen) atoms. The Hall–Kier alpha value is -1.49. The fraction of sp³-hybridized carbons (Fsp3) is 0.562. The quantitative estimate of drug-likeness (QED) is 0.926. The van der Waals surface area contributed by atoms with Crippen LogP contribution in [-0.4, -0.2) is 36.5 Å². The Morgan fingerprint density at radius 1 is 1.43 bits per heavy atom. The molecule has 0 saturated carbocycles. The van der Waals surface area contributed by atoms with Gasteiger partial charge in [-0.25, -0.2) is 8.78 Å². The van der Waals surface area contributed by atoms with Gasteiger partial charge in [-0.15, -0.1) is 0 Å². The van der Waals surface area contributed by atoms with E-state index in [-0.39, 0.29) is 5.56 Å². The average Bonchev–Trinajstić information content (AvgIpc) is 2.45. The first kappa shape index (κ1) is 15.9. The fourth-order valence-corrected chi connectivity index (χ4v) is 2.74. The third kappa shape index (κ3) is 4.24. The monoisotopic (exact) mass is 296 g/mol. The van der Waals surface area contributed by atoms with E-state index in [2.05, 4.69) is 24.1 Å². The summed E-state index contributed by atoms with van der Waals surface area (Å²) in [5, 5.41) is 2.76. The summed E-state index contributed by atoms with van der Waals surface area (Å²) >= 11 is 0. The molecule has 1 saturated heterocycles. The van der Waals surface area contributed by atoms with Crippen molar-refractivity contribution < 1.29 is 13.6 Å². The van der Waals surface area contributed by atoms with E-state index in [1.807, 2.05) is 0 Å². The largest absolute Gasteiger partial charge is 0.352 e. The molecule has 1 aromatic rings. The van der Waals surface area contributed by atoms with Crippen LogP contribution in [0, 0.1) is 17.6 Å². The Morgan fingerprint density at radius 3 is 2.86 bits per heavy atom. The maximum atomic E-state index is 13.5. The van der Waals surface area contributed by atoms with Gasteiger partial charge in [0.15, 0.2) is 0 Å². The van der Waals surface area contributed by atoms with Crippen molar-refractivity contribution in [2.24, 2.45) is 5.92 Å². The summed E-state index contributed by atoms with van der Waals surface area (Å²) in [5.41, 5.74) is -0.104. The van der Waals surface area contributed by atoms with Gasteiger partial charge < -0.3 is 10.2 Å². The van der Waals surface area contributed by atoms with Gasteiger partial charge in [-0.2, -0.15) is 0 Å². The van der Waals surface area contributed by atoms with Gasteiger partial charge in [0.2, 0.25) is 0 Å². The average molecular weight is 296 g/mol. The highest BCUT2D eigenvalue weighted by Gasteiger charge is 2.22. The van der Waals surface area contributed by atoms with Crippen molar-refractivity contribution in [1.29, 1.82) is 0 Å². The predicted octanol–water partition coefficient (Wildman–Crippen LogP) is 2.82. The van der Waals surface area contributed by atoms with Crippen molar-refractivity contribution in [3.8, 4) is 0 Å². The van der Waals surface area contributed by atoms with E-state index in [4.69, 9.17) is 0 Å². The molecule has 0 aliphatic carbocycles. The van der Waals surface area contributed by atoms with E-state index in [1.54, 1.807) is 0 Å². The second-order valence-corrected chi connectivity index (χ2v) is 5.93. The molecule has 1 aliphatic rings. The lowest BCUT2D eigenvalue weighted by Crippen LogP contribution is -2.43. The van der Waals surface area contributed by atoms with E-state index in [9.17, 15) is 13.6 Å². The Bertz CT molecular complexity index is 505. The van der Waals surface area contributed by atoms with Crippen molar-refractivity contribution in [2.45, 2.75) is 32.7 Å². The first-order valence-electron chi connectivity index (χ1n) is 7.44. The van der Waals surface area contributed by atoms with Gasteiger partial charge >= 0.3 is 0 Å². The maximum Gasteiger partial charge on any atom is 0.254 e. The summed E-state index contributed by atoms with van der Waals surface area (Å²) in [6.45, 7) is 6.89. The summed E-state index contributed by atoms with van der Waals surface area (Å²) in [7, 11) is 0. The molecule has 1 N–H and O–H groups in total. The van der Waals surface area contributed by atoms with E-state index < -0.39 is 17.5 Å². The zero-order valence-corrected chi connectivity index (χ0v) is 12.5. The highest BCUT2D eigenvalue weighted by atomic mass is 19.1. The zero-order chi connectivity index (χ0) is 15.4. The van der Waals surface area contributed by atoms with Crippen molar-refractivity contribution in [1.82, 2.24) is 10.2 Å². The number of amides is 1. The van der Waals surface area contributed by atoms with Gasteiger partial charge in [-0.05, 0) is 51.3 Å². The predicted molar refractivity (Wildman–Crippen MR) is 78.1 cm³/mol. The lowest BCUT2D eigenvalue weighted by molar-refractivity contribution is 0.0918. The van der Waals surface area contributed by atoms with Crippen LogP contribution in [0.1, 0.15) is 37.0 Å². The number of rotatable bonds is 4. The summed E-state index contributed by atoms with van der Waals surface area (Å²) < 4.78 is 26.4. The van der Waals surface area contributed by atoms with E-state index in [0.717, 1.165) is 38.1 Å². The van der Waals surface area contributed by atoms with Gasteiger partial charge in [0.1, 0.15) is 11.6 Å². The van der Waals surface area contributed by atoms with Crippen LogP contribution in [0.25, 0.3) is 0 Å². The molecule has 116 valence electrons. The third-order valence-electron chi connectivity index (χ3n) is 4.01. The third-order valence-corrected chi connectivity index (χ3v) is 4.01. The van der Waals surface area contributed by atoms with Gasteiger partial charge in [0.05, 0.1) is 5.56 Å². The number of nitrogens with zero attached hydrogens (tertiary/aromatic N) is 1. The fourth-order valence-electron chi connectivity index (χ4n) is 2.74. The summed E-state index contributed by atoms with van der Waals surface area (Å²) in [4.78, 5) is 14.3. The van der Waals surface area contributed by atoms with Crippen LogP contribution in [0.2, 0.25) is 0 Å². The molecule has 0 unspecified atom stereocenters. The van der Waals surface area contributed by atoms with Crippen LogP contribution < -0.4 is 5.32 Å². The van der Waals surface area contributed by atoms with Gasteiger partial charge in [-0.3, -0.25) is 4.79 Å². The van der Waals surface area contributed by atoms with E-state index in [1.165, 1.54) is 6.07 Å². The normalized spacial score (nSPS) is 19.8. The first-order chi connectivity index (χ1) is 9.97. The number of piperidine rings is 1. The summed E-state index contributed by atoms with van der Waals surface area (Å²) in [6, 6.07) is 3.51. The van der Waals surface area contributed by atoms with Crippen molar-refractivity contribution in [3.63, 3.8) is 0 Å². The molecule has 3 nitrogen and oxygen atoms in total. The molecular weight excluding hydrogens is 274 g/mol. The van der Waals surface area contributed by atoms with Crippen LogP contribution in [-0.2, 0) is 0 Å². The van der Waals surface area contributed by atoms with Crippen LogP contribution >= 0.6 is 0 Å². The Balaban J connectivity index is 1.89. The molecule has 5 heteroatoms. The minimum Gasteiger partial charge on any atom is -0.352 e. The number of halogens is 2. The molecule has 0 aromatic heterocycles. The number of nitrogens with one attached hydrogen (secondary N) is 1. The van der Waals surface area contributed by atoms with Crippen molar-refractivity contribution >= 4 is 5.91 Å². The maximum absolute atomic E-state index is 13.5. The molecule has 0 bridgehead atoms. The molecule has 0 radical (unpaired) electrons. The number of benzene rings is 1. The van der Waals surface area contributed by atoms with Crippen LogP contribution in [0.15, 0.2) is 18.2 Å². The standard InChI is InChI=1S/C16H22F2N2O/c1-11(2)20-7-3-4-12(10-20)9-19-16(21)14-6-5-13(17)8-15(14)18/h5-6,8,11-12H,3-4,7,9-10H2,1-2H3,(H,19,21)/t12-/m0/s1. The molecule has 0 spiro atoms. The molecule has 1 heterocycles. The molecule has 1 atom stereocenters. The molecule has 1 fully saturated rings.